The minimum absolute atomic E-state index is 0.467. The van der Waals surface area contributed by atoms with E-state index in [0.29, 0.717) is 5.41 Å². The summed E-state index contributed by atoms with van der Waals surface area (Å²) in [5, 5.41) is 1.47. The lowest BCUT2D eigenvalue weighted by molar-refractivity contribution is -0.633. The van der Waals surface area contributed by atoms with E-state index in [1.165, 1.54) is 40.6 Å². The Morgan fingerprint density at radius 3 is 2.56 bits per heavy atom. The van der Waals surface area contributed by atoms with Gasteiger partial charge in [-0.05, 0) is 65.8 Å². The van der Waals surface area contributed by atoms with Gasteiger partial charge in [-0.1, -0.05) is 38.1 Å². The minimum Gasteiger partial charge on any atom is -0.194 e. The van der Waals surface area contributed by atoms with E-state index in [2.05, 4.69) is 80.9 Å². The van der Waals surface area contributed by atoms with Gasteiger partial charge in [-0.3, -0.25) is 0 Å². The molecule has 1 heterocycles. The number of rotatable bonds is 1. The van der Waals surface area contributed by atoms with Crippen LogP contribution in [-0.4, -0.2) is 0 Å². The third-order valence-corrected chi connectivity index (χ3v) is 7.19. The van der Waals surface area contributed by atoms with Gasteiger partial charge >= 0.3 is 0 Å². The predicted octanol–water partition coefficient (Wildman–Crippen LogP) is 5.33. The molecule has 1 fully saturated rings. The van der Waals surface area contributed by atoms with E-state index in [1.807, 2.05) is 0 Å². The van der Waals surface area contributed by atoms with Crippen molar-refractivity contribution in [2.45, 2.75) is 39.5 Å². The van der Waals surface area contributed by atoms with Gasteiger partial charge in [0.15, 0.2) is 0 Å². The molecule has 1 heteroatoms. The molecule has 0 spiro atoms. The second-order valence-electron chi connectivity index (χ2n) is 8.67. The summed E-state index contributed by atoms with van der Waals surface area (Å²) in [7, 11) is 2.22. The third-order valence-electron chi connectivity index (χ3n) is 7.19. The molecule has 0 N–H and O–H groups in total. The van der Waals surface area contributed by atoms with Crippen molar-refractivity contribution in [2.24, 2.45) is 18.4 Å². The molecule has 6 rings (SSSR count). The molecular weight excluding hydrogens is 302 g/mol. The second kappa shape index (κ2) is 4.94. The first-order chi connectivity index (χ1) is 12.0. The Morgan fingerprint density at radius 1 is 1.00 bits per heavy atom. The average Bonchev–Trinajstić information content (AvgIpc) is 2.62. The first-order valence-electron chi connectivity index (χ1n) is 9.49. The second-order valence-corrected chi connectivity index (χ2v) is 8.67. The van der Waals surface area contributed by atoms with Crippen molar-refractivity contribution < 1.29 is 4.57 Å². The van der Waals surface area contributed by atoms with Crippen molar-refractivity contribution in [1.82, 2.24) is 0 Å². The van der Waals surface area contributed by atoms with Crippen molar-refractivity contribution in [1.29, 1.82) is 0 Å². The molecule has 126 valence electrons. The van der Waals surface area contributed by atoms with Gasteiger partial charge in [0.05, 0.1) is 5.39 Å². The fraction of sp³-hybridized carbons (Fsp3) is 0.375. The van der Waals surface area contributed by atoms with Crippen LogP contribution >= 0.6 is 0 Å². The zero-order valence-electron chi connectivity index (χ0n) is 15.6. The van der Waals surface area contributed by atoms with E-state index in [9.17, 15) is 0 Å². The molecule has 0 aliphatic heterocycles. The molecule has 1 nitrogen and oxygen atoms in total. The van der Waals surface area contributed by atoms with Crippen LogP contribution in [-0.2, 0) is 13.5 Å². The Morgan fingerprint density at radius 2 is 1.80 bits per heavy atom. The normalized spacial score (nSPS) is 23.2. The molecule has 0 saturated heterocycles. The zero-order valence-corrected chi connectivity index (χ0v) is 15.6. The summed E-state index contributed by atoms with van der Waals surface area (Å²) in [4.78, 5) is 0. The van der Waals surface area contributed by atoms with Crippen LogP contribution < -0.4 is 4.57 Å². The lowest BCUT2D eigenvalue weighted by Gasteiger charge is -2.57. The van der Waals surface area contributed by atoms with Crippen molar-refractivity contribution in [3.63, 3.8) is 0 Å². The number of fused-ring (bicyclic) bond motifs is 1. The lowest BCUT2D eigenvalue weighted by atomic mass is 9.47. The van der Waals surface area contributed by atoms with Crippen LogP contribution in [0.2, 0.25) is 0 Å². The fourth-order valence-electron chi connectivity index (χ4n) is 5.38. The molecule has 2 atom stereocenters. The monoisotopic (exact) mass is 328 g/mol. The molecule has 3 aliphatic rings. The summed E-state index contributed by atoms with van der Waals surface area (Å²) >= 11 is 0. The Kier molecular flexibility index (Phi) is 2.99. The highest BCUT2D eigenvalue weighted by atomic mass is 14.9. The van der Waals surface area contributed by atoms with Crippen LogP contribution in [0.4, 0.5) is 0 Å². The zero-order chi connectivity index (χ0) is 17.3. The van der Waals surface area contributed by atoms with Crippen LogP contribution in [0.25, 0.3) is 22.2 Å². The summed E-state index contributed by atoms with van der Waals surface area (Å²) < 4.78 is 2.38. The summed E-state index contributed by atoms with van der Waals surface area (Å²) in [6.07, 6.45) is 2.64. The summed E-state index contributed by atoms with van der Waals surface area (Å²) in [6, 6.07) is 18.1. The molecule has 3 aromatic rings. The Balaban J connectivity index is 1.76. The maximum absolute atomic E-state index is 2.47. The maximum atomic E-state index is 2.47. The van der Waals surface area contributed by atoms with Crippen molar-refractivity contribution >= 4 is 10.9 Å². The lowest BCUT2D eigenvalue weighted by Crippen LogP contribution is -2.48. The molecule has 1 saturated carbocycles. The topological polar surface area (TPSA) is 3.88 Å². The fourth-order valence-corrected chi connectivity index (χ4v) is 5.38. The van der Waals surface area contributed by atoms with Crippen LogP contribution in [0.3, 0.4) is 0 Å². The average molecular weight is 328 g/mol. The van der Waals surface area contributed by atoms with Gasteiger partial charge in [0, 0.05) is 17.7 Å². The molecule has 1 aromatic heterocycles. The highest BCUT2D eigenvalue weighted by Gasteiger charge is 2.53. The Labute approximate surface area is 150 Å². The maximum Gasteiger partial charge on any atom is 0.213 e. The highest BCUT2D eigenvalue weighted by molar-refractivity contribution is 5.84. The van der Waals surface area contributed by atoms with Crippen LogP contribution in [0.1, 0.15) is 42.9 Å². The van der Waals surface area contributed by atoms with E-state index in [4.69, 9.17) is 0 Å². The van der Waals surface area contributed by atoms with Crippen molar-refractivity contribution in [3.05, 3.63) is 65.2 Å². The predicted molar refractivity (Wildman–Crippen MR) is 104 cm³/mol. The van der Waals surface area contributed by atoms with Gasteiger partial charge in [-0.15, -0.1) is 0 Å². The van der Waals surface area contributed by atoms with Crippen molar-refractivity contribution in [2.75, 3.05) is 0 Å². The molecule has 25 heavy (non-hydrogen) atoms. The number of pyridine rings is 1. The van der Waals surface area contributed by atoms with E-state index < -0.39 is 0 Å². The smallest absolute Gasteiger partial charge is 0.194 e. The third kappa shape index (κ3) is 1.93. The van der Waals surface area contributed by atoms with Gasteiger partial charge in [-0.25, -0.2) is 0 Å². The molecule has 2 unspecified atom stereocenters. The highest BCUT2D eigenvalue weighted by Crippen LogP contribution is 2.63. The van der Waals surface area contributed by atoms with Crippen LogP contribution in [0.15, 0.2) is 48.5 Å². The van der Waals surface area contributed by atoms with E-state index in [1.54, 1.807) is 11.1 Å². The number of nitrogens with zero attached hydrogens (tertiary/aromatic N) is 1. The molecule has 2 aromatic carbocycles. The molecule has 0 amide bonds. The minimum atomic E-state index is 0.467. The molecule has 2 bridgehead atoms. The first-order valence-corrected chi connectivity index (χ1v) is 9.49. The van der Waals surface area contributed by atoms with Gasteiger partial charge in [0.2, 0.25) is 11.2 Å². The summed E-state index contributed by atoms with van der Waals surface area (Å²) in [5.41, 5.74) is 9.02. The molecule has 0 radical (unpaired) electrons. The summed E-state index contributed by atoms with van der Waals surface area (Å²) in [6.45, 7) is 7.13. The van der Waals surface area contributed by atoms with E-state index in [-0.39, 0.29) is 0 Å². The Hall–Kier alpha value is -2.15. The summed E-state index contributed by atoms with van der Waals surface area (Å²) in [5.74, 6) is 1.61. The first kappa shape index (κ1) is 15.1. The van der Waals surface area contributed by atoms with Gasteiger partial charge < -0.3 is 0 Å². The van der Waals surface area contributed by atoms with Gasteiger partial charge in [-0.2, -0.15) is 4.57 Å². The van der Waals surface area contributed by atoms with Gasteiger partial charge in [0.1, 0.15) is 7.05 Å². The number of benzene rings is 2. The number of aromatic nitrogens is 1. The standard InChI is InChI=1S/C24H26N/c1-15-7-5-6-8-18(15)21-12-10-19-22(25(21)4)11-9-16-13-17-14-20(23(16)19)24(17,2)3/h5-12,17,20H,13-14H2,1-4H3/q+1. The Bertz CT molecular complexity index is 1010. The number of hydrogen-bond acceptors (Lipinski definition) is 0. The SMILES string of the molecule is Cc1ccccc1-c1ccc2c3c(ccc2[n+]1C)CC1CC3C1(C)C. The quantitative estimate of drug-likeness (QED) is 0.532. The van der Waals surface area contributed by atoms with E-state index in [0.717, 1.165) is 11.8 Å². The number of aryl methyl sites for hydroxylation is 2. The molecular formula is C24H26N+. The molecule has 3 aliphatic carbocycles. The largest absolute Gasteiger partial charge is 0.213 e. The van der Waals surface area contributed by atoms with Gasteiger partial charge in [0.25, 0.3) is 0 Å². The number of hydrogen-bond donors (Lipinski definition) is 0. The van der Waals surface area contributed by atoms with Crippen LogP contribution in [0.5, 0.6) is 0 Å². The van der Waals surface area contributed by atoms with Crippen molar-refractivity contribution in [3.8, 4) is 11.3 Å². The van der Waals surface area contributed by atoms with E-state index >= 15 is 0 Å². The van der Waals surface area contributed by atoms with Crippen LogP contribution in [0, 0.1) is 18.3 Å².